The molecule has 6 nitrogen and oxygen atoms in total. The first-order chi connectivity index (χ1) is 12.6. The quantitative estimate of drug-likeness (QED) is 0.436. The lowest BCUT2D eigenvalue weighted by Gasteiger charge is -2.07. The number of benzene rings is 2. The first-order valence-electron chi connectivity index (χ1n) is 7.91. The summed E-state index contributed by atoms with van der Waals surface area (Å²) in [4.78, 5) is 28.7. The summed E-state index contributed by atoms with van der Waals surface area (Å²) in [6.07, 6.45) is 0. The summed E-state index contributed by atoms with van der Waals surface area (Å²) in [5.74, 6) is -0.790. The standard InChI is InChI=1S/C19H13NO5S/c1-2-24-18(22)11-9-10-7-8-13(21)15(16(10)25-19(11)23)17-20-12-5-3-4-6-14(12)26-17/h3-9,21H,2H2,1H3. The summed E-state index contributed by atoms with van der Waals surface area (Å²) in [5.41, 5.74) is 0.303. The molecule has 26 heavy (non-hydrogen) atoms. The number of hydrogen-bond acceptors (Lipinski definition) is 7. The third kappa shape index (κ3) is 2.62. The molecule has 0 aliphatic rings. The van der Waals surface area contributed by atoms with Gasteiger partial charge in [0.2, 0.25) is 0 Å². The summed E-state index contributed by atoms with van der Waals surface area (Å²) in [5, 5.41) is 11.4. The van der Waals surface area contributed by atoms with E-state index in [9.17, 15) is 14.7 Å². The van der Waals surface area contributed by atoms with Crippen molar-refractivity contribution < 1.29 is 19.1 Å². The lowest BCUT2D eigenvalue weighted by molar-refractivity contribution is 0.0522. The van der Waals surface area contributed by atoms with Gasteiger partial charge in [0.25, 0.3) is 0 Å². The molecule has 130 valence electrons. The number of hydrogen-bond donors (Lipinski definition) is 1. The molecule has 0 unspecified atom stereocenters. The van der Waals surface area contributed by atoms with Crippen LogP contribution in [0.25, 0.3) is 31.8 Å². The summed E-state index contributed by atoms with van der Waals surface area (Å²) >= 11 is 1.38. The molecule has 4 aromatic rings. The van der Waals surface area contributed by atoms with Crippen LogP contribution >= 0.6 is 11.3 Å². The van der Waals surface area contributed by atoms with Crippen LogP contribution in [0.2, 0.25) is 0 Å². The number of nitrogens with zero attached hydrogens (tertiary/aromatic N) is 1. The van der Waals surface area contributed by atoms with Crippen LogP contribution in [0.3, 0.4) is 0 Å². The maximum Gasteiger partial charge on any atom is 0.351 e. The summed E-state index contributed by atoms with van der Waals surface area (Å²) < 4.78 is 11.2. The van der Waals surface area contributed by atoms with Crippen molar-refractivity contribution in [2.24, 2.45) is 0 Å². The third-order valence-corrected chi connectivity index (χ3v) is 4.94. The molecule has 0 radical (unpaired) electrons. The topological polar surface area (TPSA) is 89.6 Å². The molecular formula is C19H13NO5S. The van der Waals surface area contributed by atoms with E-state index in [1.807, 2.05) is 24.3 Å². The van der Waals surface area contributed by atoms with E-state index >= 15 is 0 Å². The number of aromatic hydroxyl groups is 1. The van der Waals surface area contributed by atoms with E-state index in [-0.39, 0.29) is 23.5 Å². The van der Waals surface area contributed by atoms with Crippen LogP contribution in [-0.2, 0) is 4.74 Å². The van der Waals surface area contributed by atoms with Crippen LogP contribution in [-0.4, -0.2) is 22.7 Å². The second-order valence-corrected chi connectivity index (χ2v) is 6.56. The molecule has 0 aliphatic carbocycles. The molecule has 0 aliphatic heterocycles. The molecule has 0 saturated carbocycles. The minimum absolute atomic E-state index is 0.0522. The summed E-state index contributed by atoms with van der Waals surface area (Å²) in [7, 11) is 0. The highest BCUT2D eigenvalue weighted by molar-refractivity contribution is 7.21. The Labute approximate surface area is 151 Å². The number of thiazole rings is 1. The van der Waals surface area contributed by atoms with E-state index in [4.69, 9.17) is 9.15 Å². The number of carbonyl (C=O) groups excluding carboxylic acids is 1. The Morgan fingerprint density at radius 1 is 1.27 bits per heavy atom. The van der Waals surface area contributed by atoms with Gasteiger partial charge in [0, 0.05) is 5.39 Å². The van der Waals surface area contributed by atoms with Crippen molar-refractivity contribution in [3.63, 3.8) is 0 Å². The van der Waals surface area contributed by atoms with Crippen LogP contribution in [0.15, 0.2) is 51.7 Å². The molecule has 0 amide bonds. The Hall–Kier alpha value is -3.19. The number of aromatic nitrogens is 1. The van der Waals surface area contributed by atoms with Crippen molar-refractivity contribution in [1.29, 1.82) is 0 Å². The molecule has 0 bridgehead atoms. The predicted molar refractivity (Wildman–Crippen MR) is 98.7 cm³/mol. The molecule has 1 N–H and O–H groups in total. The van der Waals surface area contributed by atoms with E-state index in [1.54, 1.807) is 13.0 Å². The Morgan fingerprint density at radius 3 is 2.85 bits per heavy atom. The van der Waals surface area contributed by atoms with Gasteiger partial charge < -0.3 is 14.3 Å². The number of para-hydroxylation sites is 1. The monoisotopic (exact) mass is 367 g/mol. The van der Waals surface area contributed by atoms with E-state index in [2.05, 4.69) is 4.98 Å². The van der Waals surface area contributed by atoms with Crippen LogP contribution in [0.1, 0.15) is 17.3 Å². The molecule has 4 rings (SSSR count). The fraction of sp³-hybridized carbons (Fsp3) is 0.105. The smallest absolute Gasteiger partial charge is 0.351 e. The Kier molecular flexibility index (Phi) is 3.93. The Morgan fingerprint density at radius 2 is 2.08 bits per heavy atom. The van der Waals surface area contributed by atoms with E-state index in [1.165, 1.54) is 23.5 Å². The highest BCUT2D eigenvalue weighted by Crippen LogP contribution is 2.39. The van der Waals surface area contributed by atoms with Gasteiger partial charge in [-0.15, -0.1) is 11.3 Å². The van der Waals surface area contributed by atoms with Gasteiger partial charge in [-0.05, 0) is 37.3 Å². The predicted octanol–water partition coefficient (Wildman–Crippen LogP) is 3.95. The van der Waals surface area contributed by atoms with Gasteiger partial charge in [0.05, 0.1) is 22.4 Å². The van der Waals surface area contributed by atoms with Gasteiger partial charge in [0.15, 0.2) is 5.58 Å². The first kappa shape index (κ1) is 16.3. The molecule has 2 heterocycles. The largest absolute Gasteiger partial charge is 0.507 e. The lowest BCUT2D eigenvalue weighted by Crippen LogP contribution is -2.16. The number of carbonyl (C=O) groups is 1. The van der Waals surface area contributed by atoms with E-state index in [0.717, 1.165) is 10.2 Å². The Balaban J connectivity index is 1.97. The van der Waals surface area contributed by atoms with E-state index in [0.29, 0.717) is 16.0 Å². The Bertz CT molecular complexity index is 1170. The molecule has 0 fully saturated rings. The van der Waals surface area contributed by atoms with Crippen molar-refractivity contribution in [3.8, 4) is 16.3 Å². The number of fused-ring (bicyclic) bond motifs is 2. The fourth-order valence-corrected chi connectivity index (χ4v) is 3.73. The zero-order valence-corrected chi connectivity index (χ0v) is 14.5. The second kappa shape index (κ2) is 6.27. The van der Waals surface area contributed by atoms with Crippen molar-refractivity contribution in [2.45, 2.75) is 6.92 Å². The number of phenolic OH excluding ortho intramolecular Hbond substituents is 1. The average Bonchev–Trinajstić information content (AvgIpc) is 3.04. The van der Waals surface area contributed by atoms with Crippen LogP contribution in [0.4, 0.5) is 0 Å². The molecule has 7 heteroatoms. The van der Waals surface area contributed by atoms with Crippen molar-refractivity contribution in [1.82, 2.24) is 4.98 Å². The normalized spacial score (nSPS) is 11.1. The summed E-state index contributed by atoms with van der Waals surface area (Å²) in [6, 6.07) is 12.0. The SMILES string of the molecule is CCOC(=O)c1cc2ccc(O)c(-c3nc4ccccc4s3)c2oc1=O. The average molecular weight is 367 g/mol. The van der Waals surface area contributed by atoms with Crippen molar-refractivity contribution in [2.75, 3.05) is 6.61 Å². The van der Waals surface area contributed by atoms with Gasteiger partial charge >= 0.3 is 11.6 Å². The molecule has 2 aromatic carbocycles. The van der Waals surface area contributed by atoms with Gasteiger partial charge in [0.1, 0.15) is 16.3 Å². The number of ether oxygens (including phenoxy) is 1. The number of rotatable bonds is 3. The summed E-state index contributed by atoms with van der Waals surface area (Å²) in [6.45, 7) is 1.81. The van der Waals surface area contributed by atoms with E-state index < -0.39 is 11.6 Å². The van der Waals surface area contributed by atoms with Crippen molar-refractivity contribution in [3.05, 3.63) is 58.4 Å². The number of phenols is 1. The van der Waals surface area contributed by atoms with Crippen molar-refractivity contribution >= 4 is 38.5 Å². The minimum Gasteiger partial charge on any atom is -0.507 e. The highest BCUT2D eigenvalue weighted by atomic mass is 32.1. The molecular weight excluding hydrogens is 354 g/mol. The minimum atomic E-state index is -0.816. The zero-order valence-electron chi connectivity index (χ0n) is 13.7. The second-order valence-electron chi connectivity index (χ2n) is 5.53. The maximum absolute atomic E-state index is 12.3. The van der Waals surface area contributed by atoms with Gasteiger partial charge in [-0.25, -0.2) is 14.6 Å². The highest BCUT2D eigenvalue weighted by Gasteiger charge is 2.20. The van der Waals surface area contributed by atoms with Gasteiger partial charge in [-0.3, -0.25) is 0 Å². The van der Waals surface area contributed by atoms with Crippen LogP contribution in [0.5, 0.6) is 5.75 Å². The molecule has 0 spiro atoms. The molecule has 0 saturated heterocycles. The fourth-order valence-electron chi connectivity index (χ4n) is 2.71. The molecule has 0 atom stereocenters. The van der Waals surface area contributed by atoms with Gasteiger partial charge in [-0.2, -0.15) is 0 Å². The van der Waals surface area contributed by atoms with Gasteiger partial charge in [-0.1, -0.05) is 12.1 Å². The van der Waals surface area contributed by atoms with Crippen LogP contribution in [0, 0.1) is 0 Å². The first-order valence-corrected chi connectivity index (χ1v) is 8.73. The van der Waals surface area contributed by atoms with Crippen LogP contribution < -0.4 is 5.63 Å². The number of esters is 1. The maximum atomic E-state index is 12.3. The third-order valence-electron chi connectivity index (χ3n) is 3.88. The lowest BCUT2D eigenvalue weighted by atomic mass is 10.1. The molecule has 2 aromatic heterocycles. The zero-order chi connectivity index (χ0) is 18.3.